The molecule has 2 aromatic rings. The average Bonchev–Trinajstić information content (AvgIpc) is 2.85. The summed E-state index contributed by atoms with van der Waals surface area (Å²) >= 11 is 6.09. The Morgan fingerprint density at radius 3 is 2.58 bits per heavy atom. The van der Waals surface area contributed by atoms with Crippen LogP contribution >= 0.6 is 11.6 Å². The van der Waals surface area contributed by atoms with Crippen LogP contribution in [0.2, 0.25) is 5.02 Å². The normalized spacial score (nSPS) is 18.3. The van der Waals surface area contributed by atoms with Gasteiger partial charge < -0.3 is 4.90 Å². The van der Waals surface area contributed by atoms with Crippen LogP contribution in [0.3, 0.4) is 0 Å². The van der Waals surface area contributed by atoms with Gasteiger partial charge in [-0.05, 0) is 56.3 Å². The predicted molar refractivity (Wildman–Crippen MR) is 105 cm³/mol. The summed E-state index contributed by atoms with van der Waals surface area (Å²) in [5.74, 6) is 1.01. The smallest absolute Gasteiger partial charge is 0.180 e. The number of anilines is 1. The van der Waals surface area contributed by atoms with Crippen molar-refractivity contribution in [2.75, 3.05) is 24.7 Å². The number of sulfone groups is 1. The number of rotatable bonds is 5. The van der Waals surface area contributed by atoms with Gasteiger partial charge in [-0.15, -0.1) is 0 Å². The van der Waals surface area contributed by atoms with Crippen LogP contribution < -0.4 is 4.90 Å². The maximum Gasteiger partial charge on any atom is 0.180 e. The molecule has 0 saturated heterocycles. The Bertz CT molecular complexity index is 898. The van der Waals surface area contributed by atoms with Gasteiger partial charge in [-0.3, -0.25) is 4.90 Å². The molecule has 0 fully saturated rings. The van der Waals surface area contributed by atoms with Crippen molar-refractivity contribution in [2.45, 2.75) is 37.4 Å². The van der Waals surface area contributed by atoms with Crippen molar-refractivity contribution in [3.63, 3.8) is 0 Å². The third-order valence-electron chi connectivity index (χ3n) is 4.95. The molecule has 0 saturated carbocycles. The van der Waals surface area contributed by atoms with Gasteiger partial charge in [0.25, 0.3) is 0 Å². The molecule has 0 N–H and O–H groups in total. The summed E-state index contributed by atoms with van der Waals surface area (Å²) in [6.45, 7) is 4.85. The zero-order valence-electron chi connectivity index (χ0n) is 15.5. The van der Waals surface area contributed by atoms with Crippen LogP contribution in [-0.4, -0.2) is 44.2 Å². The fourth-order valence-electron chi connectivity index (χ4n) is 3.20. The van der Waals surface area contributed by atoms with Crippen molar-refractivity contribution in [3.05, 3.63) is 52.7 Å². The molecule has 2 heterocycles. The highest BCUT2D eigenvalue weighted by Gasteiger charge is 2.37. The lowest BCUT2D eigenvalue weighted by Crippen LogP contribution is -2.27. The Balaban J connectivity index is 1.79. The molecule has 0 spiro atoms. The number of aromatic nitrogens is 1. The average molecular weight is 394 g/mol. The number of nitrogens with zero attached hydrogens (tertiary/aromatic N) is 3. The van der Waals surface area contributed by atoms with Crippen molar-refractivity contribution in [2.24, 2.45) is 0 Å². The molecule has 1 unspecified atom stereocenters. The Labute approximate surface area is 160 Å². The van der Waals surface area contributed by atoms with Crippen LogP contribution in [0.25, 0.3) is 0 Å². The number of hydrogen-bond donors (Lipinski definition) is 0. The summed E-state index contributed by atoms with van der Waals surface area (Å²) < 4.78 is 24.9. The first-order chi connectivity index (χ1) is 12.2. The van der Waals surface area contributed by atoms with Crippen LogP contribution in [0.15, 0.2) is 41.4 Å². The highest BCUT2D eigenvalue weighted by Crippen LogP contribution is 2.38. The first kappa shape index (κ1) is 19.1. The summed E-state index contributed by atoms with van der Waals surface area (Å²) in [5, 5.41) is 0.557. The first-order valence-corrected chi connectivity index (χ1v) is 10.6. The maximum atomic E-state index is 12.4. The van der Waals surface area contributed by atoms with Crippen LogP contribution in [0.1, 0.15) is 31.0 Å². The summed E-state index contributed by atoms with van der Waals surface area (Å²) in [4.78, 5) is 9.07. The quantitative estimate of drug-likeness (QED) is 0.777. The second-order valence-corrected chi connectivity index (χ2v) is 9.56. The largest absolute Gasteiger partial charge is 0.357 e. The second kappa shape index (κ2) is 7.18. The fraction of sp³-hybridized carbons (Fsp3) is 0.421. The molecule has 1 aliphatic rings. The van der Waals surface area contributed by atoms with Gasteiger partial charge in [-0.2, -0.15) is 0 Å². The van der Waals surface area contributed by atoms with Crippen LogP contribution in [0.5, 0.6) is 0 Å². The Morgan fingerprint density at radius 2 is 1.96 bits per heavy atom. The number of fused-ring (bicyclic) bond motifs is 1. The van der Waals surface area contributed by atoms with Gasteiger partial charge >= 0.3 is 0 Å². The van der Waals surface area contributed by atoms with Crippen molar-refractivity contribution in [1.29, 1.82) is 0 Å². The Hall–Kier alpha value is -1.63. The molecule has 140 valence electrons. The molecule has 0 radical (unpaired) electrons. The molecular weight excluding hydrogens is 370 g/mol. The topological polar surface area (TPSA) is 53.5 Å². The predicted octanol–water partition coefficient (Wildman–Crippen LogP) is 3.54. The molecule has 1 aliphatic heterocycles. The number of hydrogen-bond acceptors (Lipinski definition) is 5. The summed E-state index contributed by atoms with van der Waals surface area (Å²) in [6, 6.07) is 9.22. The minimum Gasteiger partial charge on any atom is -0.357 e. The van der Waals surface area contributed by atoms with Gasteiger partial charge in [0, 0.05) is 30.9 Å². The van der Waals surface area contributed by atoms with E-state index in [1.165, 1.54) is 0 Å². The molecule has 1 aromatic heterocycles. The lowest BCUT2D eigenvalue weighted by Gasteiger charge is -2.25. The van der Waals surface area contributed by atoms with Crippen molar-refractivity contribution < 1.29 is 8.42 Å². The second-order valence-electron chi connectivity index (χ2n) is 7.12. The van der Waals surface area contributed by atoms with E-state index in [9.17, 15) is 8.42 Å². The third kappa shape index (κ3) is 3.72. The van der Waals surface area contributed by atoms with E-state index in [-0.39, 0.29) is 11.8 Å². The molecule has 0 amide bonds. The van der Waals surface area contributed by atoms with Gasteiger partial charge in [0.2, 0.25) is 0 Å². The van der Waals surface area contributed by atoms with Crippen LogP contribution in [-0.2, 0) is 16.4 Å². The summed E-state index contributed by atoms with van der Waals surface area (Å²) in [7, 11) is 0.693. The zero-order valence-corrected chi connectivity index (χ0v) is 17.0. The SMILES string of the molecule is CC(C)N(C)c1ccc(CN(C)C2CS(=O)(=O)c3ccc(Cl)cc32)cn1. The van der Waals surface area contributed by atoms with Crippen molar-refractivity contribution in [1.82, 2.24) is 9.88 Å². The highest BCUT2D eigenvalue weighted by atomic mass is 35.5. The van der Waals surface area contributed by atoms with Gasteiger partial charge in [0.05, 0.1) is 16.7 Å². The lowest BCUT2D eigenvalue weighted by atomic mass is 10.1. The zero-order chi connectivity index (χ0) is 19.1. The molecule has 26 heavy (non-hydrogen) atoms. The standard InChI is InChI=1S/C19H24ClN3O2S/c1-13(2)23(4)19-8-5-14(10-21-19)11-22(3)17-12-26(24,25)18-7-6-15(20)9-16(17)18/h5-10,13,17H,11-12H2,1-4H3. The molecule has 3 rings (SSSR count). The van der Waals surface area contributed by atoms with E-state index in [1.54, 1.807) is 18.2 Å². The molecule has 5 nitrogen and oxygen atoms in total. The highest BCUT2D eigenvalue weighted by molar-refractivity contribution is 7.91. The van der Waals surface area contributed by atoms with Gasteiger partial charge in [-0.1, -0.05) is 17.7 Å². The summed E-state index contributed by atoms with van der Waals surface area (Å²) in [6.07, 6.45) is 1.85. The molecule has 7 heteroatoms. The molecule has 1 aromatic carbocycles. The monoisotopic (exact) mass is 393 g/mol. The first-order valence-electron chi connectivity index (χ1n) is 8.59. The molecule has 1 atom stereocenters. The van der Waals surface area contributed by atoms with Crippen LogP contribution in [0, 0.1) is 0 Å². The minimum absolute atomic E-state index is 0.0841. The van der Waals surface area contributed by atoms with E-state index in [1.807, 2.05) is 37.3 Å². The van der Waals surface area contributed by atoms with Gasteiger partial charge in [0.1, 0.15) is 5.82 Å². The van der Waals surface area contributed by atoms with E-state index in [2.05, 4.69) is 23.7 Å². The molecule has 0 bridgehead atoms. The van der Waals surface area contributed by atoms with Gasteiger partial charge in [0.15, 0.2) is 9.84 Å². The Kier molecular flexibility index (Phi) is 5.28. The van der Waals surface area contributed by atoms with Gasteiger partial charge in [-0.25, -0.2) is 13.4 Å². The number of halogens is 1. The van der Waals surface area contributed by atoms with Crippen molar-refractivity contribution >= 4 is 27.3 Å². The maximum absolute atomic E-state index is 12.4. The van der Waals surface area contributed by atoms with E-state index < -0.39 is 9.84 Å². The number of benzene rings is 1. The molecular formula is C19H24ClN3O2S. The summed E-state index contributed by atoms with van der Waals surface area (Å²) in [5.41, 5.74) is 1.82. The lowest BCUT2D eigenvalue weighted by molar-refractivity contribution is 0.257. The number of pyridine rings is 1. The van der Waals surface area contributed by atoms with E-state index in [0.29, 0.717) is 22.5 Å². The molecule has 0 aliphatic carbocycles. The van der Waals surface area contributed by atoms with Crippen LogP contribution in [0.4, 0.5) is 5.82 Å². The fourth-order valence-corrected chi connectivity index (χ4v) is 5.24. The minimum atomic E-state index is -3.26. The Morgan fingerprint density at radius 1 is 1.23 bits per heavy atom. The van der Waals surface area contributed by atoms with Crippen molar-refractivity contribution in [3.8, 4) is 0 Å². The van der Waals surface area contributed by atoms with E-state index >= 15 is 0 Å². The third-order valence-corrected chi connectivity index (χ3v) is 6.98. The van der Waals surface area contributed by atoms with E-state index in [4.69, 9.17) is 11.6 Å². The van der Waals surface area contributed by atoms with E-state index in [0.717, 1.165) is 16.9 Å².